The minimum absolute atomic E-state index is 0.199. The Morgan fingerprint density at radius 2 is 1.75 bits per heavy atom. The van der Waals surface area contributed by atoms with Crippen LogP contribution in [0.2, 0.25) is 0 Å². The molecule has 2 amide bonds. The summed E-state index contributed by atoms with van der Waals surface area (Å²) in [5.41, 5.74) is 3.11. The Morgan fingerprint density at radius 1 is 1.04 bits per heavy atom. The van der Waals surface area contributed by atoms with Crippen molar-refractivity contribution in [2.45, 2.75) is 19.7 Å². The van der Waals surface area contributed by atoms with Crippen LogP contribution in [0.3, 0.4) is 0 Å². The van der Waals surface area contributed by atoms with Crippen LogP contribution in [0.5, 0.6) is 0 Å². The molecule has 0 spiro atoms. The number of carbonyl (C=O) groups excluding carboxylic acids is 1. The third kappa shape index (κ3) is 5.68. The molecule has 1 fully saturated rings. The van der Waals surface area contributed by atoms with E-state index in [-0.39, 0.29) is 6.03 Å². The average molecular weight is 383 g/mol. The van der Waals surface area contributed by atoms with E-state index in [0.29, 0.717) is 19.7 Å². The molecule has 1 aliphatic rings. The number of ether oxygens (including phenoxy) is 1. The first kappa shape index (κ1) is 20.1. The molecule has 0 unspecified atom stereocenters. The molecule has 2 N–H and O–H groups in total. The molecule has 1 saturated heterocycles. The average Bonchev–Trinajstić information content (AvgIpc) is 2.73. The summed E-state index contributed by atoms with van der Waals surface area (Å²) in [6.45, 7) is 5.54. The van der Waals surface area contributed by atoms with Crippen molar-refractivity contribution in [2.75, 3.05) is 45.2 Å². The maximum Gasteiger partial charge on any atom is 0.315 e. The van der Waals surface area contributed by atoms with E-state index < -0.39 is 0 Å². The molecule has 0 radical (unpaired) electrons. The summed E-state index contributed by atoms with van der Waals surface area (Å²) in [6, 6.07) is 11.8. The van der Waals surface area contributed by atoms with Gasteiger partial charge in [-0.3, -0.25) is 0 Å². The van der Waals surface area contributed by atoms with Crippen molar-refractivity contribution in [2.24, 2.45) is 0 Å². The molecule has 1 aliphatic heterocycles. The van der Waals surface area contributed by atoms with Crippen LogP contribution in [0.1, 0.15) is 16.7 Å². The van der Waals surface area contributed by atoms with Gasteiger partial charge in [0.2, 0.25) is 0 Å². The zero-order valence-electron chi connectivity index (χ0n) is 16.6. The largest absolute Gasteiger partial charge is 0.380 e. The number of pyridine rings is 1. The first-order valence-electron chi connectivity index (χ1n) is 9.61. The van der Waals surface area contributed by atoms with Gasteiger partial charge in [0.25, 0.3) is 0 Å². The first-order valence-corrected chi connectivity index (χ1v) is 9.61. The van der Waals surface area contributed by atoms with Crippen molar-refractivity contribution in [1.82, 2.24) is 20.5 Å². The Bertz CT molecular complexity index is 758. The molecule has 0 aliphatic carbocycles. The number of aromatic nitrogens is 1. The van der Waals surface area contributed by atoms with Crippen LogP contribution in [0.15, 0.2) is 42.6 Å². The zero-order valence-corrected chi connectivity index (χ0v) is 16.6. The third-order valence-electron chi connectivity index (χ3n) is 4.95. The number of urea groups is 1. The van der Waals surface area contributed by atoms with Crippen LogP contribution < -0.4 is 15.5 Å². The van der Waals surface area contributed by atoms with Gasteiger partial charge in [-0.15, -0.1) is 0 Å². The summed E-state index contributed by atoms with van der Waals surface area (Å²) in [7, 11) is 3.81. The van der Waals surface area contributed by atoms with E-state index in [0.717, 1.165) is 48.7 Å². The van der Waals surface area contributed by atoms with Crippen LogP contribution in [-0.4, -0.2) is 56.3 Å². The Kier molecular flexibility index (Phi) is 7.22. The molecular formula is C21H29N5O2. The Balaban J connectivity index is 1.44. The van der Waals surface area contributed by atoms with E-state index in [9.17, 15) is 4.79 Å². The van der Waals surface area contributed by atoms with Gasteiger partial charge in [0.05, 0.1) is 6.61 Å². The predicted molar refractivity (Wildman–Crippen MR) is 110 cm³/mol. The van der Waals surface area contributed by atoms with E-state index >= 15 is 0 Å². The number of piperazine rings is 1. The highest BCUT2D eigenvalue weighted by molar-refractivity contribution is 5.73. The summed E-state index contributed by atoms with van der Waals surface area (Å²) < 4.78 is 5.20. The number of methoxy groups -OCH3 is 1. The second-order valence-corrected chi connectivity index (χ2v) is 7.05. The number of anilines is 1. The number of likely N-dealkylation sites (N-methyl/N-ethyl adjacent to an activating group) is 1. The van der Waals surface area contributed by atoms with Gasteiger partial charge in [0, 0.05) is 52.6 Å². The molecule has 1 aromatic heterocycles. The molecule has 2 heterocycles. The summed E-state index contributed by atoms with van der Waals surface area (Å²) in [5, 5.41) is 5.78. The smallest absolute Gasteiger partial charge is 0.315 e. The van der Waals surface area contributed by atoms with Crippen molar-refractivity contribution in [3.8, 4) is 0 Å². The van der Waals surface area contributed by atoms with Gasteiger partial charge in [-0.05, 0) is 29.8 Å². The monoisotopic (exact) mass is 383 g/mol. The Hall–Kier alpha value is -2.64. The number of benzene rings is 1. The lowest BCUT2D eigenvalue weighted by molar-refractivity contribution is 0.184. The third-order valence-corrected chi connectivity index (χ3v) is 4.95. The van der Waals surface area contributed by atoms with Crippen molar-refractivity contribution in [1.29, 1.82) is 0 Å². The number of rotatable bonds is 7. The highest BCUT2D eigenvalue weighted by Crippen LogP contribution is 2.13. The molecule has 150 valence electrons. The fourth-order valence-corrected chi connectivity index (χ4v) is 3.19. The highest BCUT2D eigenvalue weighted by Gasteiger charge is 2.15. The number of hydrogen-bond donors (Lipinski definition) is 2. The predicted octanol–water partition coefficient (Wildman–Crippen LogP) is 1.98. The summed E-state index contributed by atoms with van der Waals surface area (Å²) in [4.78, 5) is 21.3. The normalized spacial score (nSPS) is 14.7. The zero-order chi connectivity index (χ0) is 19.8. The van der Waals surface area contributed by atoms with Gasteiger partial charge in [-0.2, -0.15) is 0 Å². The van der Waals surface area contributed by atoms with Crippen LogP contribution >= 0.6 is 0 Å². The Morgan fingerprint density at radius 3 is 2.43 bits per heavy atom. The van der Waals surface area contributed by atoms with Crippen molar-refractivity contribution < 1.29 is 9.53 Å². The fraction of sp³-hybridized carbons (Fsp3) is 0.429. The second-order valence-electron chi connectivity index (χ2n) is 7.05. The summed E-state index contributed by atoms with van der Waals surface area (Å²) >= 11 is 0. The first-order chi connectivity index (χ1) is 13.7. The van der Waals surface area contributed by atoms with Gasteiger partial charge < -0.3 is 25.2 Å². The van der Waals surface area contributed by atoms with Gasteiger partial charge in [0.15, 0.2) is 0 Å². The highest BCUT2D eigenvalue weighted by atomic mass is 16.5. The molecule has 28 heavy (non-hydrogen) atoms. The van der Waals surface area contributed by atoms with E-state index in [2.05, 4.69) is 32.5 Å². The van der Waals surface area contributed by atoms with Crippen LogP contribution in [0.4, 0.5) is 10.6 Å². The number of nitrogens with one attached hydrogen (secondary N) is 2. The van der Waals surface area contributed by atoms with Crippen molar-refractivity contribution in [3.63, 3.8) is 0 Å². The van der Waals surface area contributed by atoms with E-state index in [1.54, 1.807) is 7.11 Å². The standard InChI is InChI=1S/C21H29N5O2/c1-25-9-11-26(12-10-25)20-8-7-17(13-22-20)14-23-21(27)24-15-18-5-3-4-6-19(18)16-28-2/h3-8,13H,9-12,14-16H2,1-2H3,(H2,23,24,27). The van der Waals surface area contributed by atoms with E-state index in [1.807, 2.05) is 42.6 Å². The molecule has 7 nitrogen and oxygen atoms in total. The van der Waals surface area contributed by atoms with Crippen molar-refractivity contribution in [3.05, 3.63) is 59.3 Å². The van der Waals surface area contributed by atoms with Gasteiger partial charge >= 0.3 is 6.03 Å². The number of amides is 2. The molecule has 1 aromatic carbocycles. The minimum atomic E-state index is -0.199. The van der Waals surface area contributed by atoms with Gasteiger partial charge in [0.1, 0.15) is 5.82 Å². The lowest BCUT2D eigenvalue weighted by atomic mass is 10.1. The van der Waals surface area contributed by atoms with Crippen LogP contribution in [-0.2, 0) is 24.4 Å². The second kappa shape index (κ2) is 10.1. The molecular weight excluding hydrogens is 354 g/mol. The maximum atomic E-state index is 12.1. The van der Waals surface area contributed by atoms with E-state index in [4.69, 9.17) is 4.74 Å². The van der Waals surface area contributed by atoms with Crippen LogP contribution in [0.25, 0.3) is 0 Å². The topological polar surface area (TPSA) is 69.7 Å². The fourth-order valence-electron chi connectivity index (χ4n) is 3.19. The number of hydrogen-bond acceptors (Lipinski definition) is 5. The molecule has 2 aromatic rings. The quantitative estimate of drug-likeness (QED) is 0.765. The summed E-state index contributed by atoms with van der Waals surface area (Å²) in [6.07, 6.45) is 1.84. The van der Waals surface area contributed by atoms with Gasteiger partial charge in [-0.1, -0.05) is 30.3 Å². The van der Waals surface area contributed by atoms with E-state index in [1.165, 1.54) is 0 Å². The Labute approximate surface area is 166 Å². The lowest BCUT2D eigenvalue weighted by Gasteiger charge is -2.33. The number of carbonyl (C=O) groups is 1. The SMILES string of the molecule is COCc1ccccc1CNC(=O)NCc1ccc(N2CCN(C)CC2)nc1. The summed E-state index contributed by atoms with van der Waals surface area (Å²) in [5.74, 6) is 0.996. The molecule has 0 bridgehead atoms. The maximum absolute atomic E-state index is 12.1. The molecule has 7 heteroatoms. The van der Waals surface area contributed by atoms with Crippen molar-refractivity contribution >= 4 is 11.8 Å². The van der Waals surface area contributed by atoms with Crippen LogP contribution in [0, 0.1) is 0 Å². The van der Waals surface area contributed by atoms with Gasteiger partial charge in [-0.25, -0.2) is 9.78 Å². The molecule has 3 rings (SSSR count). The number of nitrogens with zero attached hydrogens (tertiary/aromatic N) is 3. The lowest BCUT2D eigenvalue weighted by Crippen LogP contribution is -2.44. The minimum Gasteiger partial charge on any atom is -0.380 e. The molecule has 0 atom stereocenters. The molecule has 0 saturated carbocycles.